The molecule has 4 heteroatoms. The SMILES string of the molecule is c1ccc(-n2c3ccccc3c3cccnc32)c(-c2ccc(-n3c4ccccc4c4ccccc43)cc2-n2c3ccccc3c3ccccc32)c1. The van der Waals surface area contributed by atoms with Crippen molar-refractivity contribution in [1.82, 2.24) is 18.7 Å². The van der Waals surface area contributed by atoms with E-state index < -0.39 is 0 Å². The molecule has 11 aromatic rings. The summed E-state index contributed by atoms with van der Waals surface area (Å²) in [6.45, 7) is 0. The topological polar surface area (TPSA) is 27.7 Å². The van der Waals surface area contributed by atoms with Gasteiger partial charge in [-0.1, -0.05) is 115 Å². The Morgan fingerprint density at radius 3 is 1.33 bits per heavy atom. The third-order valence-electron chi connectivity index (χ3n) is 10.5. The number of rotatable bonds is 4. The molecular formula is C47H30N4. The molecule has 0 N–H and O–H groups in total. The van der Waals surface area contributed by atoms with E-state index >= 15 is 0 Å². The fourth-order valence-corrected chi connectivity index (χ4v) is 8.39. The molecule has 0 aliphatic heterocycles. The van der Waals surface area contributed by atoms with Crippen molar-refractivity contribution in [2.75, 3.05) is 0 Å². The third kappa shape index (κ3) is 3.99. The molecule has 0 fully saturated rings. The van der Waals surface area contributed by atoms with E-state index in [9.17, 15) is 0 Å². The molecule has 0 bridgehead atoms. The predicted octanol–water partition coefficient (Wildman–Crippen LogP) is 12.0. The molecule has 0 aliphatic rings. The molecule has 0 saturated carbocycles. The van der Waals surface area contributed by atoms with E-state index in [0.717, 1.165) is 44.7 Å². The number of pyridine rings is 1. The number of para-hydroxylation sites is 6. The van der Waals surface area contributed by atoms with Crippen molar-refractivity contribution in [3.63, 3.8) is 0 Å². The normalized spacial score (nSPS) is 11.9. The van der Waals surface area contributed by atoms with E-state index in [2.05, 4.69) is 184 Å². The molecule has 0 atom stereocenters. The molecule has 51 heavy (non-hydrogen) atoms. The summed E-state index contributed by atoms with van der Waals surface area (Å²) in [5.74, 6) is 0. The predicted molar refractivity (Wildman–Crippen MR) is 213 cm³/mol. The highest BCUT2D eigenvalue weighted by molar-refractivity contribution is 6.12. The van der Waals surface area contributed by atoms with Crippen LogP contribution in [0.4, 0.5) is 0 Å². The zero-order chi connectivity index (χ0) is 33.5. The van der Waals surface area contributed by atoms with Crippen molar-refractivity contribution in [1.29, 1.82) is 0 Å². The van der Waals surface area contributed by atoms with Gasteiger partial charge >= 0.3 is 0 Å². The van der Waals surface area contributed by atoms with Crippen molar-refractivity contribution in [2.24, 2.45) is 0 Å². The third-order valence-corrected chi connectivity index (χ3v) is 10.5. The summed E-state index contributed by atoms with van der Waals surface area (Å²) in [5.41, 5.74) is 12.4. The van der Waals surface area contributed by atoms with E-state index in [1.54, 1.807) is 0 Å². The van der Waals surface area contributed by atoms with Crippen LogP contribution in [-0.2, 0) is 0 Å². The number of aromatic nitrogens is 4. The Morgan fingerprint density at radius 1 is 0.314 bits per heavy atom. The van der Waals surface area contributed by atoms with Crippen LogP contribution in [0.15, 0.2) is 182 Å². The van der Waals surface area contributed by atoms with E-state index in [-0.39, 0.29) is 0 Å². The van der Waals surface area contributed by atoms with Gasteiger partial charge in [0, 0.05) is 55.3 Å². The molecule has 0 amide bonds. The molecule has 0 radical (unpaired) electrons. The van der Waals surface area contributed by atoms with Gasteiger partial charge in [0.05, 0.1) is 39.0 Å². The van der Waals surface area contributed by atoms with Gasteiger partial charge in [0.1, 0.15) is 5.65 Å². The molecular weight excluding hydrogens is 621 g/mol. The summed E-state index contributed by atoms with van der Waals surface area (Å²) in [6.07, 6.45) is 1.89. The van der Waals surface area contributed by atoms with Crippen molar-refractivity contribution in [3.05, 3.63) is 182 Å². The number of benzene rings is 7. The number of hydrogen-bond donors (Lipinski definition) is 0. The lowest BCUT2D eigenvalue weighted by atomic mass is 10.00. The first-order chi connectivity index (χ1) is 25.3. The Kier molecular flexibility index (Phi) is 5.92. The average molecular weight is 651 g/mol. The summed E-state index contributed by atoms with van der Waals surface area (Å²) >= 11 is 0. The zero-order valence-corrected chi connectivity index (χ0v) is 27.6. The van der Waals surface area contributed by atoms with Gasteiger partial charge in [-0.2, -0.15) is 0 Å². The van der Waals surface area contributed by atoms with Crippen LogP contribution in [0.3, 0.4) is 0 Å². The van der Waals surface area contributed by atoms with Crippen LogP contribution in [0.2, 0.25) is 0 Å². The molecule has 0 unspecified atom stereocenters. The minimum Gasteiger partial charge on any atom is -0.309 e. The fourth-order valence-electron chi connectivity index (χ4n) is 8.39. The van der Waals surface area contributed by atoms with E-state index in [1.807, 2.05) is 12.3 Å². The van der Waals surface area contributed by atoms with Gasteiger partial charge < -0.3 is 9.13 Å². The standard InChI is InChI=1S/C47H30N4/c1-7-21-40-32(14-1)33-15-2-8-22-41(33)49(40)31-27-28-38(46(30-31)50-42-23-9-3-16-34(42)35-17-4-10-24-43(35)50)36-18-5-11-25-44(36)51-45-26-12-6-19-37(45)39-20-13-29-48-47(39)51/h1-30H. The minimum atomic E-state index is 0.950. The number of hydrogen-bond acceptors (Lipinski definition) is 1. The van der Waals surface area contributed by atoms with E-state index in [0.29, 0.717) is 0 Å². The Bertz CT molecular complexity index is 2990. The van der Waals surface area contributed by atoms with Crippen molar-refractivity contribution in [2.45, 2.75) is 0 Å². The van der Waals surface area contributed by atoms with Crippen molar-refractivity contribution < 1.29 is 0 Å². The van der Waals surface area contributed by atoms with Gasteiger partial charge in [-0.05, 0) is 60.7 Å². The lowest BCUT2D eigenvalue weighted by molar-refractivity contribution is 1.12. The summed E-state index contributed by atoms with van der Waals surface area (Å²) in [7, 11) is 0. The summed E-state index contributed by atoms with van der Waals surface area (Å²) in [4.78, 5) is 4.94. The van der Waals surface area contributed by atoms with Crippen molar-refractivity contribution in [3.8, 4) is 28.2 Å². The first-order valence-electron chi connectivity index (χ1n) is 17.4. The van der Waals surface area contributed by atoms with Gasteiger partial charge in [-0.3, -0.25) is 4.57 Å². The van der Waals surface area contributed by atoms with Crippen LogP contribution in [0, 0.1) is 0 Å². The molecule has 0 aliphatic carbocycles. The lowest BCUT2D eigenvalue weighted by Crippen LogP contribution is -2.04. The van der Waals surface area contributed by atoms with Gasteiger partial charge in [-0.15, -0.1) is 0 Å². The first kappa shape index (κ1) is 28.0. The molecule has 7 aromatic carbocycles. The highest BCUT2D eigenvalue weighted by Gasteiger charge is 2.22. The molecule has 0 spiro atoms. The first-order valence-corrected chi connectivity index (χ1v) is 17.4. The monoisotopic (exact) mass is 650 g/mol. The van der Waals surface area contributed by atoms with Crippen LogP contribution < -0.4 is 0 Å². The van der Waals surface area contributed by atoms with E-state index in [4.69, 9.17) is 4.98 Å². The van der Waals surface area contributed by atoms with Crippen molar-refractivity contribution >= 4 is 65.5 Å². The van der Waals surface area contributed by atoms with Crippen LogP contribution in [-0.4, -0.2) is 18.7 Å². The van der Waals surface area contributed by atoms with E-state index in [1.165, 1.54) is 49.0 Å². The summed E-state index contributed by atoms with van der Waals surface area (Å²) in [5, 5.41) is 7.31. The second kappa shape index (κ2) is 10.8. The van der Waals surface area contributed by atoms with Gasteiger partial charge in [0.25, 0.3) is 0 Å². The largest absolute Gasteiger partial charge is 0.309 e. The van der Waals surface area contributed by atoms with Crippen LogP contribution in [0.25, 0.3) is 93.7 Å². The summed E-state index contributed by atoms with van der Waals surface area (Å²) in [6, 6.07) is 63.6. The van der Waals surface area contributed by atoms with Crippen LogP contribution in [0.1, 0.15) is 0 Å². The molecule has 4 nitrogen and oxygen atoms in total. The highest BCUT2D eigenvalue weighted by atomic mass is 15.1. The van der Waals surface area contributed by atoms with Gasteiger partial charge in [0.15, 0.2) is 0 Å². The number of nitrogens with zero attached hydrogens (tertiary/aromatic N) is 4. The fraction of sp³-hybridized carbons (Fsp3) is 0. The Morgan fingerprint density at radius 2 is 0.745 bits per heavy atom. The smallest absolute Gasteiger partial charge is 0.145 e. The lowest BCUT2D eigenvalue weighted by Gasteiger charge is -2.20. The summed E-state index contributed by atoms with van der Waals surface area (Å²) < 4.78 is 7.20. The zero-order valence-electron chi connectivity index (χ0n) is 27.6. The molecule has 0 saturated heterocycles. The quantitative estimate of drug-likeness (QED) is 0.186. The maximum atomic E-state index is 4.94. The molecule has 238 valence electrons. The van der Waals surface area contributed by atoms with Gasteiger partial charge in [0.2, 0.25) is 0 Å². The Labute approximate surface area is 293 Å². The minimum absolute atomic E-state index is 0.950. The van der Waals surface area contributed by atoms with Crippen LogP contribution in [0.5, 0.6) is 0 Å². The highest BCUT2D eigenvalue weighted by Crippen LogP contribution is 2.42. The Hall–Kier alpha value is -6.91. The maximum absolute atomic E-state index is 4.94. The second-order valence-corrected chi connectivity index (χ2v) is 13.2. The second-order valence-electron chi connectivity index (χ2n) is 13.2. The molecule has 4 aromatic heterocycles. The Balaban J connectivity index is 1.27. The maximum Gasteiger partial charge on any atom is 0.145 e. The van der Waals surface area contributed by atoms with Crippen LogP contribution >= 0.6 is 0 Å². The molecule has 4 heterocycles. The average Bonchev–Trinajstić information content (AvgIpc) is 3.84. The molecule has 11 rings (SSSR count). The van der Waals surface area contributed by atoms with Gasteiger partial charge in [-0.25, -0.2) is 4.98 Å². The number of fused-ring (bicyclic) bond motifs is 9.